The van der Waals surface area contributed by atoms with E-state index in [0.29, 0.717) is 6.42 Å². The highest BCUT2D eigenvalue weighted by molar-refractivity contribution is 5.84. The molecule has 0 aliphatic carbocycles. The molecule has 0 amide bonds. The second-order valence-electron chi connectivity index (χ2n) is 4.72. The van der Waals surface area contributed by atoms with Crippen LogP contribution in [0.25, 0.3) is 10.9 Å². The van der Waals surface area contributed by atoms with Crippen LogP contribution in [0.15, 0.2) is 35.5 Å². The minimum Gasteiger partial charge on any atom is -0.488 e. The molecule has 0 saturated heterocycles. The van der Waals surface area contributed by atoms with E-state index in [9.17, 15) is 0 Å². The lowest BCUT2D eigenvalue weighted by Gasteiger charge is -2.18. The van der Waals surface area contributed by atoms with Gasteiger partial charge >= 0.3 is 0 Å². The molecule has 5 heteroatoms. The van der Waals surface area contributed by atoms with E-state index in [1.807, 2.05) is 44.2 Å². The SMILES string of the molecule is CCC(C/C(N)=N/O)Oc1cccc2ccc(C)nc12. The number of aromatic nitrogens is 1. The largest absolute Gasteiger partial charge is 0.488 e. The zero-order chi connectivity index (χ0) is 14.5. The molecule has 0 aliphatic rings. The summed E-state index contributed by atoms with van der Waals surface area (Å²) in [5.41, 5.74) is 7.33. The average Bonchev–Trinajstić information content (AvgIpc) is 2.46. The fourth-order valence-corrected chi connectivity index (χ4v) is 2.04. The summed E-state index contributed by atoms with van der Waals surface area (Å²) in [6, 6.07) is 9.82. The fraction of sp³-hybridized carbons (Fsp3) is 0.333. The van der Waals surface area contributed by atoms with Crippen LogP contribution in [0, 0.1) is 6.92 Å². The molecule has 1 unspecified atom stereocenters. The Labute approximate surface area is 118 Å². The van der Waals surface area contributed by atoms with Crippen LogP contribution in [0.2, 0.25) is 0 Å². The molecule has 0 saturated carbocycles. The maximum Gasteiger partial charge on any atom is 0.145 e. The van der Waals surface area contributed by atoms with Gasteiger partial charge in [0.1, 0.15) is 23.2 Å². The normalized spacial score (nSPS) is 13.4. The van der Waals surface area contributed by atoms with Gasteiger partial charge in [-0.15, -0.1) is 0 Å². The first-order valence-electron chi connectivity index (χ1n) is 6.63. The molecule has 1 atom stereocenters. The molecule has 0 aliphatic heterocycles. The van der Waals surface area contributed by atoms with E-state index in [1.54, 1.807) is 0 Å². The van der Waals surface area contributed by atoms with Gasteiger partial charge in [-0.3, -0.25) is 0 Å². The molecule has 1 heterocycles. The number of hydrogen-bond acceptors (Lipinski definition) is 4. The Morgan fingerprint density at radius 2 is 2.20 bits per heavy atom. The number of oxime groups is 1. The first kappa shape index (κ1) is 14.1. The highest BCUT2D eigenvalue weighted by Crippen LogP contribution is 2.25. The van der Waals surface area contributed by atoms with Gasteiger partial charge in [-0.2, -0.15) is 0 Å². The maximum atomic E-state index is 8.65. The van der Waals surface area contributed by atoms with E-state index in [4.69, 9.17) is 15.7 Å². The van der Waals surface area contributed by atoms with Crippen molar-refractivity contribution in [2.45, 2.75) is 32.8 Å². The summed E-state index contributed by atoms with van der Waals surface area (Å²) in [7, 11) is 0. The molecular formula is C15H19N3O2. The van der Waals surface area contributed by atoms with E-state index in [2.05, 4.69) is 10.1 Å². The summed E-state index contributed by atoms with van der Waals surface area (Å²) in [5, 5.41) is 12.7. The van der Waals surface area contributed by atoms with Crippen molar-refractivity contribution in [3.63, 3.8) is 0 Å². The van der Waals surface area contributed by atoms with E-state index >= 15 is 0 Å². The fourth-order valence-electron chi connectivity index (χ4n) is 2.04. The quantitative estimate of drug-likeness (QED) is 0.380. The molecule has 2 rings (SSSR count). The van der Waals surface area contributed by atoms with Gasteiger partial charge in [-0.05, 0) is 25.5 Å². The standard InChI is InChI=1S/C15H19N3O2/c1-3-12(9-14(16)18-19)20-13-6-4-5-11-8-7-10(2)17-15(11)13/h4-8,12,19H,3,9H2,1-2H3,(H2,16,18). The zero-order valence-electron chi connectivity index (χ0n) is 11.7. The second-order valence-corrected chi connectivity index (χ2v) is 4.72. The molecule has 3 N–H and O–H groups in total. The smallest absolute Gasteiger partial charge is 0.145 e. The van der Waals surface area contributed by atoms with Crippen LogP contribution in [0.5, 0.6) is 5.75 Å². The summed E-state index contributed by atoms with van der Waals surface area (Å²) in [6.45, 7) is 3.95. The van der Waals surface area contributed by atoms with Crippen LogP contribution in [-0.4, -0.2) is 22.1 Å². The maximum absolute atomic E-state index is 8.65. The third-order valence-corrected chi connectivity index (χ3v) is 3.14. The van der Waals surface area contributed by atoms with Crippen LogP contribution in [0.4, 0.5) is 0 Å². The number of rotatable bonds is 5. The van der Waals surface area contributed by atoms with Gasteiger partial charge in [0.15, 0.2) is 0 Å². The first-order valence-corrected chi connectivity index (χ1v) is 6.63. The van der Waals surface area contributed by atoms with Crippen molar-refractivity contribution in [3.05, 3.63) is 36.0 Å². The Hall–Kier alpha value is -2.30. The van der Waals surface area contributed by atoms with Crippen molar-refractivity contribution < 1.29 is 9.94 Å². The van der Waals surface area contributed by atoms with Crippen molar-refractivity contribution in [1.29, 1.82) is 0 Å². The highest BCUT2D eigenvalue weighted by Gasteiger charge is 2.13. The molecule has 5 nitrogen and oxygen atoms in total. The number of pyridine rings is 1. The van der Waals surface area contributed by atoms with Crippen LogP contribution >= 0.6 is 0 Å². The van der Waals surface area contributed by atoms with Gasteiger partial charge in [-0.25, -0.2) is 4.98 Å². The number of para-hydroxylation sites is 1. The molecule has 1 aromatic heterocycles. The van der Waals surface area contributed by atoms with E-state index in [1.165, 1.54) is 0 Å². The van der Waals surface area contributed by atoms with Crippen molar-refractivity contribution in [2.75, 3.05) is 0 Å². The number of nitrogens with two attached hydrogens (primary N) is 1. The monoisotopic (exact) mass is 273 g/mol. The summed E-state index contributed by atoms with van der Waals surface area (Å²) >= 11 is 0. The van der Waals surface area contributed by atoms with Gasteiger partial charge < -0.3 is 15.7 Å². The molecule has 1 aromatic carbocycles. The number of fused-ring (bicyclic) bond motifs is 1. The molecule has 0 bridgehead atoms. The second kappa shape index (κ2) is 6.23. The molecule has 2 aromatic rings. The Balaban J connectivity index is 2.30. The summed E-state index contributed by atoms with van der Waals surface area (Å²) < 4.78 is 5.97. The minimum atomic E-state index is -0.140. The Morgan fingerprint density at radius 1 is 1.40 bits per heavy atom. The van der Waals surface area contributed by atoms with Gasteiger partial charge in [0.05, 0.1) is 0 Å². The Morgan fingerprint density at radius 3 is 2.90 bits per heavy atom. The molecule has 0 spiro atoms. The van der Waals surface area contributed by atoms with Crippen LogP contribution in [0.1, 0.15) is 25.5 Å². The van der Waals surface area contributed by atoms with Crippen molar-refractivity contribution in [1.82, 2.24) is 4.98 Å². The molecular weight excluding hydrogens is 254 g/mol. The van der Waals surface area contributed by atoms with Gasteiger partial charge in [0.2, 0.25) is 0 Å². The topological polar surface area (TPSA) is 80.7 Å². The van der Waals surface area contributed by atoms with E-state index < -0.39 is 0 Å². The minimum absolute atomic E-state index is 0.140. The third kappa shape index (κ3) is 3.17. The van der Waals surface area contributed by atoms with Crippen molar-refractivity contribution in [2.24, 2.45) is 10.9 Å². The van der Waals surface area contributed by atoms with Crippen molar-refractivity contribution in [3.8, 4) is 5.75 Å². The van der Waals surface area contributed by atoms with Crippen LogP contribution < -0.4 is 10.5 Å². The van der Waals surface area contributed by atoms with Crippen LogP contribution in [0.3, 0.4) is 0 Å². The Kier molecular flexibility index (Phi) is 4.40. The van der Waals surface area contributed by atoms with Crippen molar-refractivity contribution >= 4 is 16.7 Å². The lowest BCUT2D eigenvalue weighted by atomic mass is 10.1. The molecule has 20 heavy (non-hydrogen) atoms. The predicted molar refractivity (Wildman–Crippen MR) is 79.2 cm³/mol. The lowest BCUT2D eigenvalue weighted by molar-refractivity contribution is 0.204. The van der Waals surface area contributed by atoms with Gasteiger partial charge in [-0.1, -0.05) is 30.3 Å². The Bertz CT molecular complexity index is 626. The number of nitrogens with zero attached hydrogens (tertiary/aromatic N) is 2. The third-order valence-electron chi connectivity index (χ3n) is 3.14. The van der Waals surface area contributed by atoms with Gasteiger partial charge in [0.25, 0.3) is 0 Å². The molecule has 0 radical (unpaired) electrons. The highest BCUT2D eigenvalue weighted by atomic mass is 16.5. The number of ether oxygens (including phenoxy) is 1. The summed E-state index contributed by atoms with van der Waals surface area (Å²) in [4.78, 5) is 4.53. The molecule has 0 fully saturated rings. The number of benzene rings is 1. The summed E-state index contributed by atoms with van der Waals surface area (Å²) in [5.74, 6) is 0.894. The lowest BCUT2D eigenvalue weighted by Crippen LogP contribution is -2.24. The van der Waals surface area contributed by atoms with Crippen LogP contribution in [-0.2, 0) is 0 Å². The van der Waals surface area contributed by atoms with E-state index in [0.717, 1.165) is 28.8 Å². The summed E-state index contributed by atoms with van der Waals surface area (Å²) in [6.07, 6.45) is 1.01. The number of aryl methyl sites for hydroxylation is 1. The van der Waals surface area contributed by atoms with Gasteiger partial charge in [0, 0.05) is 17.5 Å². The zero-order valence-corrected chi connectivity index (χ0v) is 11.7. The first-order chi connectivity index (χ1) is 9.63. The van der Waals surface area contributed by atoms with E-state index in [-0.39, 0.29) is 11.9 Å². The average molecular weight is 273 g/mol. The molecule has 106 valence electrons. The number of hydrogen-bond donors (Lipinski definition) is 2. The predicted octanol–water partition coefficient (Wildman–Crippen LogP) is 2.84. The number of amidine groups is 1.